The molecule has 3 amide bonds. The fourth-order valence-electron chi connectivity index (χ4n) is 2.38. The van der Waals surface area contributed by atoms with Crippen molar-refractivity contribution in [1.29, 1.82) is 0 Å². The molecule has 2 rings (SSSR count). The number of ether oxygens (including phenoxy) is 1. The molecular formula is C15H21N3O4S2. The van der Waals surface area contributed by atoms with Crippen molar-refractivity contribution in [3.63, 3.8) is 0 Å². The maximum absolute atomic E-state index is 11.8. The summed E-state index contributed by atoms with van der Waals surface area (Å²) in [6, 6.07) is -0.260. The zero-order chi connectivity index (χ0) is 17.4. The van der Waals surface area contributed by atoms with Gasteiger partial charge in [-0.25, -0.2) is 9.78 Å². The Morgan fingerprint density at radius 1 is 1.38 bits per heavy atom. The molecule has 132 valence electrons. The molecule has 0 aromatic carbocycles. The van der Waals surface area contributed by atoms with Gasteiger partial charge in [-0.1, -0.05) is 24.6 Å². The predicted molar refractivity (Wildman–Crippen MR) is 92.1 cm³/mol. The largest absolute Gasteiger partial charge is 0.466 e. The Morgan fingerprint density at radius 2 is 2.12 bits per heavy atom. The van der Waals surface area contributed by atoms with Crippen LogP contribution in [-0.4, -0.2) is 41.3 Å². The molecule has 0 radical (unpaired) electrons. The third kappa shape index (κ3) is 6.48. The Morgan fingerprint density at radius 3 is 2.83 bits per heavy atom. The molecule has 0 spiro atoms. The number of imide groups is 1. The second-order valence-electron chi connectivity index (χ2n) is 5.38. The molecule has 0 atom stereocenters. The average Bonchev–Trinajstić information content (AvgIpc) is 3.17. The normalized spacial score (nSPS) is 14.4. The van der Waals surface area contributed by atoms with E-state index in [0.717, 1.165) is 25.7 Å². The maximum atomic E-state index is 11.8. The zero-order valence-electron chi connectivity index (χ0n) is 13.5. The molecule has 7 nitrogen and oxygen atoms in total. The van der Waals surface area contributed by atoms with Gasteiger partial charge in [-0.05, 0) is 19.8 Å². The number of thioether (sulfide) groups is 1. The number of nitrogens with one attached hydrogen (secondary N) is 2. The quantitative estimate of drug-likeness (QED) is 0.563. The van der Waals surface area contributed by atoms with Crippen molar-refractivity contribution < 1.29 is 19.1 Å². The lowest BCUT2D eigenvalue weighted by Crippen LogP contribution is -2.44. The minimum absolute atomic E-state index is 0.102. The Kier molecular flexibility index (Phi) is 7.51. The van der Waals surface area contributed by atoms with Gasteiger partial charge in [-0.3, -0.25) is 14.9 Å². The first-order valence-corrected chi connectivity index (χ1v) is 9.76. The molecule has 0 bridgehead atoms. The fourth-order valence-corrected chi connectivity index (χ4v) is 4.02. The summed E-state index contributed by atoms with van der Waals surface area (Å²) < 4.78 is 5.54. The Hall–Kier alpha value is -1.61. The number of amides is 3. The van der Waals surface area contributed by atoms with Gasteiger partial charge >= 0.3 is 12.0 Å². The number of hydrogen-bond donors (Lipinski definition) is 2. The highest BCUT2D eigenvalue weighted by Gasteiger charge is 2.18. The van der Waals surface area contributed by atoms with Gasteiger partial charge in [0.1, 0.15) is 0 Å². The second kappa shape index (κ2) is 9.63. The van der Waals surface area contributed by atoms with E-state index in [4.69, 9.17) is 4.74 Å². The van der Waals surface area contributed by atoms with E-state index in [0.29, 0.717) is 16.6 Å². The van der Waals surface area contributed by atoms with Gasteiger partial charge in [-0.15, -0.1) is 11.3 Å². The van der Waals surface area contributed by atoms with Crippen molar-refractivity contribution in [1.82, 2.24) is 15.6 Å². The molecule has 1 fully saturated rings. The monoisotopic (exact) mass is 371 g/mol. The molecular weight excluding hydrogens is 350 g/mol. The lowest BCUT2D eigenvalue weighted by molar-refractivity contribution is -0.142. The van der Waals surface area contributed by atoms with Gasteiger partial charge in [0, 0.05) is 11.4 Å². The van der Waals surface area contributed by atoms with E-state index in [9.17, 15) is 14.4 Å². The first-order valence-electron chi connectivity index (χ1n) is 7.90. The molecule has 1 aliphatic rings. The molecule has 1 saturated carbocycles. The molecule has 1 aromatic rings. The van der Waals surface area contributed by atoms with E-state index >= 15 is 0 Å². The number of carbonyl (C=O) groups excluding carboxylic acids is 3. The van der Waals surface area contributed by atoms with E-state index in [1.807, 2.05) is 0 Å². The van der Waals surface area contributed by atoms with E-state index in [2.05, 4.69) is 15.6 Å². The van der Waals surface area contributed by atoms with Crippen LogP contribution in [-0.2, 0) is 20.7 Å². The Labute approximate surface area is 148 Å². The number of rotatable bonds is 7. The summed E-state index contributed by atoms with van der Waals surface area (Å²) in [5, 5.41) is 6.89. The van der Waals surface area contributed by atoms with E-state index in [1.165, 1.54) is 23.1 Å². The zero-order valence-corrected chi connectivity index (χ0v) is 15.1. The third-order valence-electron chi connectivity index (χ3n) is 3.43. The van der Waals surface area contributed by atoms with Gasteiger partial charge in [0.2, 0.25) is 5.91 Å². The SMILES string of the molecule is CCOC(=O)Cc1csc(SCC(=O)NC(=O)NC2CCCC2)n1. The van der Waals surface area contributed by atoms with Gasteiger partial charge in [0.25, 0.3) is 0 Å². The molecule has 9 heteroatoms. The van der Waals surface area contributed by atoms with Crippen LogP contribution < -0.4 is 10.6 Å². The van der Waals surface area contributed by atoms with Crippen LogP contribution in [0, 0.1) is 0 Å². The van der Waals surface area contributed by atoms with Crippen molar-refractivity contribution in [2.45, 2.75) is 49.4 Å². The maximum Gasteiger partial charge on any atom is 0.321 e. The van der Waals surface area contributed by atoms with Gasteiger partial charge < -0.3 is 10.1 Å². The minimum atomic E-state index is -0.436. The van der Waals surface area contributed by atoms with Crippen molar-refractivity contribution in [3.8, 4) is 0 Å². The summed E-state index contributed by atoms with van der Waals surface area (Å²) in [6.45, 7) is 2.09. The summed E-state index contributed by atoms with van der Waals surface area (Å²) >= 11 is 2.60. The topological polar surface area (TPSA) is 97.4 Å². The van der Waals surface area contributed by atoms with Crippen LogP contribution in [0.3, 0.4) is 0 Å². The van der Waals surface area contributed by atoms with Crippen molar-refractivity contribution in [2.24, 2.45) is 0 Å². The summed E-state index contributed by atoms with van der Waals surface area (Å²) in [6.07, 6.45) is 4.30. The number of urea groups is 1. The van der Waals surface area contributed by atoms with Crippen molar-refractivity contribution in [2.75, 3.05) is 12.4 Å². The summed E-state index contributed by atoms with van der Waals surface area (Å²) in [7, 11) is 0. The first-order chi connectivity index (χ1) is 11.6. The molecule has 0 unspecified atom stereocenters. The molecule has 2 N–H and O–H groups in total. The lowest BCUT2D eigenvalue weighted by Gasteiger charge is -2.11. The molecule has 0 aliphatic heterocycles. The summed E-state index contributed by atoms with van der Waals surface area (Å²) in [4.78, 5) is 39.1. The number of carbonyl (C=O) groups is 3. The molecule has 1 heterocycles. The van der Waals surface area contributed by atoms with Crippen LogP contribution in [0.4, 0.5) is 4.79 Å². The number of thiazole rings is 1. The van der Waals surface area contributed by atoms with E-state index in [-0.39, 0.29) is 30.1 Å². The molecule has 0 saturated heterocycles. The lowest BCUT2D eigenvalue weighted by atomic mass is 10.2. The van der Waals surface area contributed by atoms with Gasteiger partial charge in [-0.2, -0.15) is 0 Å². The van der Waals surface area contributed by atoms with Gasteiger partial charge in [0.15, 0.2) is 4.34 Å². The van der Waals surface area contributed by atoms with E-state index in [1.54, 1.807) is 12.3 Å². The summed E-state index contributed by atoms with van der Waals surface area (Å²) in [5.41, 5.74) is 0.625. The van der Waals surface area contributed by atoms with Crippen LogP contribution in [0.25, 0.3) is 0 Å². The average molecular weight is 371 g/mol. The third-order valence-corrected chi connectivity index (χ3v) is 5.50. The highest BCUT2D eigenvalue weighted by molar-refractivity contribution is 8.01. The highest BCUT2D eigenvalue weighted by Crippen LogP contribution is 2.23. The number of aromatic nitrogens is 1. The highest BCUT2D eigenvalue weighted by atomic mass is 32.2. The van der Waals surface area contributed by atoms with Crippen LogP contribution in [0.5, 0.6) is 0 Å². The predicted octanol–water partition coefficient (Wildman–Crippen LogP) is 2.11. The Balaban J connectivity index is 1.68. The van der Waals surface area contributed by atoms with Crippen LogP contribution in [0.15, 0.2) is 9.72 Å². The minimum Gasteiger partial charge on any atom is -0.466 e. The first kappa shape index (κ1) is 18.7. The van der Waals surface area contributed by atoms with Crippen LogP contribution >= 0.6 is 23.1 Å². The smallest absolute Gasteiger partial charge is 0.321 e. The number of hydrogen-bond acceptors (Lipinski definition) is 7. The van der Waals surface area contributed by atoms with Crippen LogP contribution in [0.2, 0.25) is 0 Å². The fraction of sp³-hybridized carbons (Fsp3) is 0.600. The van der Waals surface area contributed by atoms with Crippen molar-refractivity contribution in [3.05, 3.63) is 11.1 Å². The number of nitrogens with zero attached hydrogens (tertiary/aromatic N) is 1. The van der Waals surface area contributed by atoms with E-state index < -0.39 is 6.03 Å². The Bertz CT molecular complexity index is 585. The molecule has 1 aliphatic carbocycles. The molecule has 1 aromatic heterocycles. The summed E-state index contributed by atoms with van der Waals surface area (Å²) in [5.74, 6) is -0.580. The van der Waals surface area contributed by atoms with Gasteiger partial charge in [0.05, 0.1) is 24.5 Å². The van der Waals surface area contributed by atoms with Crippen LogP contribution in [0.1, 0.15) is 38.3 Å². The van der Waals surface area contributed by atoms with Crippen molar-refractivity contribution >= 4 is 41.0 Å². The molecule has 24 heavy (non-hydrogen) atoms. The second-order valence-corrected chi connectivity index (χ2v) is 7.46. The number of esters is 1. The standard InChI is InChI=1S/C15H21N3O4S2/c1-2-22-13(20)7-11-8-23-15(17-11)24-9-12(19)18-14(21)16-10-5-3-4-6-10/h8,10H,2-7,9H2,1H3,(H2,16,18,19,21).